The van der Waals surface area contributed by atoms with Gasteiger partial charge in [-0.3, -0.25) is 4.98 Å². The Balaban J connectivity index is 1.98. The Kier molecular flexibility index (Phi) is 4.73. The van der Waals surface area contributed by atoms with E-state index in [1.807, 2.05) is 0 Å². The first kappa shape index (κ1) is 16.4. The zero-order valence-corrected chi connectivity index (χ0v) is 13.5. The Labute approximate surface area is 139 Å². The van der Waals surface area contributed by atoms with Crippen LogP contribution in [0.5, 0.6) is 0 Å². The molecule has 0 unspecified atom stereocenters. The highest BCUT2D eigenvalue weighted by Gasteiger charge is 2.28. The molecule has 0 fully saturated rings. The van der Waals surface area contributed by atoms with E-state index in [0.717, 1.165) is 6.07 Å². The van der Waals surface area contributed by atoms with E-state index in [0.29, 0.717) is 11.3 Å². The molecule has 124 valence electrons. The summed E-state index contributed by atoms with van der Waals surface area (Å²) in [6, 6.07) is 12.2. The lowest BCUT2D eigenvalue weighted by Gasteiger charge is -2.21. The second kappa shape index (κ2) is 6.94. The SMILES string of the molecule is O=S(=O)(c1ccccc1F)N(Cc1cccnc1)Cc1ccco1. The maximum Gasteiger partial charge on any atom is 0.246 e. The summed E-state index contributed by atoms with van der Waals surface area (Å²) in [6.45, 7) is 0.0593. The van der Waals surface area contributed by atoms with Gasteiger partial charge in [0.2, 0.25) is 10.0 Å². The number of benzene rings is 1. The van der Waals surface area contributed by atoms with Crippen LogP contribution in [0.1, 0.15) is 11.3 Å². The molecule has 0 aliphatic carbocycles. The van der Waals surface area contributed by atoms with Gasteiger partial charge in [0, 0.05) is 18.9 Å². The molecule has 3 aromatic rings. The molecule has 0 saturated heterocycles. The van der Waals surface area contributed by atoms with Crippen LogP contribution in [0.3, 0.4) is 0 Å². The number of pyridine rings is 1. The lowest BCUT2D eigenvalue weighted by atomic mass is 10.3. The fourth-order valence-corrected chi connectivity index (χ4v) is 3.75. The van der Waals surface area contributed by atoms with E-state index >= 15 is 0 Å². The summed E-state index contributed by atoms with van der Waals surface area (Å²) in [4.78, 5) is 3.63. The van der Waals surface area contributed by atoms with Crippen LogP contribution in [-0.4, -0.2) is 17.7 Å². The third-order valence-corrected chi connectivity index (χ3v) is 5.27. The molecule has 0 N–H and O–H groups in total. The molecule has 2 heterocycles. The lowest BCUT2D eigenvalue weighted by Crippen LogP contribution is -2.30. The third-order valence-electron chi connectivity index (χ3n) is 3.45. The minimum Gasteiger partial charge on any atom is -0.468 e. The molecule has 0 atom stereocenters. The van der Waals surface area contributed by atoms with E-state index in [1.54, 1.807) is 36.7 Å². The van der Waals surface area contributed by atoms with E-state index in [1.165, 1.54) is 28.8 Å². The molecule has 0 radical (unpaired) electrons. The van der Waals surface area contributed by atoms with Gasteiger partial charge in [-0.05, 0) is 35.9 Å². The second-order valence-electron chi connectivity index (χ2n) is 5.14. The minimum atomic E-state index is -4.04. The summed E-state index contributed by atoms with van der Waals surface area (Å²) in [5.74, 6) is -0.313. The van der Waals surface area contributed by atoms with Gasteiger partial charge in [0.25, 0.3) is 0 Å². The van der Waals surface area contributed by atoms with Gasteiger partial charge in [-0.15, -0.1) is 0 Å². The van der Waals surface area contributed by atoms with Crippen molar-refractivity contribution in [2.24, 2.45) is 0 Å². The standard InChI is InChI=1S/C17H15FN2O3S/c18-16-7-1-2-8-17(16)24(21,22)20(13-15-6-4-10-23-15)12-14-5-3-9-19-11-14/h1-11H,12-13H2. The number of sulfonamides is 1. The van der Waals surface area contributed by atoms with Gasteiger partial charge in [0.15, 0.2) is 0 Å². The van der Waals surface area contributed by atoms with Crippen LogP contribution in [0.15, 0.2) is 76.5 Å². The minimum absolute atomic E-state index is 0.00143. The van der Waals surface area contributed by atoms with Crippen LogP contribution in [-0.2, 0) is 23.1 Å². The quantitative estimate of drug-likeness (QED) is 0.687. The molecule has 0 amide bonds. The highest BCUT2D eigenvalue weighted by molar-refractivity contribution is 7.89. The molecular formula is C17H15FN2O3S. The Morgan fingerprint density at radius 2 is 1.88 bits per heavy atom. The van der Waals surface area contributed by atoms with Crippen molar-refractivity contribution >= 4 is 10.0 Å². The van der Waals surface area contributed by atoms with Crippen LogP contribution < -0.4 is 0 Å². The van der Waals surface area contributed by atoms with E-state index in [9.17, 15) is 12.8 Å². The van der Waals surface area contributed by atoms with Crippen LogP contribution in [0, 0.1) is 5.82 Å². The number of hydrogen-bond donors (Lipinski definition) is 0. The molecule has 1 aromatic carbocycles. The Morgan fingerprint density at radius 1 is 1.04 bits per heavy atom. The molecule has 3 rings (SSSR count). The van der Waals surface area contributed by atoms with Gasteiger partial charge in [-0.25, -0.2) is 12.8 Å². The first-order valence-corrected chi connectivity index (χ1v) is 8.67. The average Bonchev–Trinajstić information content (AvgIpc) is 3.08. The third kappa shape index (κ3) is 3.52. The van der Waals surface area contributed by atoms with Gasteiger partial charge in [-0.2, -0.15) is 4.31 Å². The Bertz CT molecular complexity index is 897. The fourth-order valence-electron chi connectivity index (χ4n) is 2.29. The number of hydrogen-bond acceptors (Lipinski definition) is 4. The molecule has 24 heavy (non-hydrogen) atoms. The summed E-state index contributed by atoms with van der Waals surface area (Å²) < 4.78 is 46.3. The van der Waals surface area contributed by atoms with E-state index in [4.69, 9.17) is 4.42 Å². The van der Waals surface area contributed by atoms with Gasteiger partial charge in [0.1, 0.15) is 16.5 Å². The molecule has 0 aliphatic rings. The average molecular weight is 346 g/mol. The number of halogens is 1. The molecule has 7 heteroatoms. The van der Waals surface area contributed by atoms with Crippen molar-refractivity contribution in [3.05, 3.63) is 84.3 Å². The van der Waals surface area contributed by atoms with E-state index in [-0.39, 0.29) is 18.0 Å². The maximum absolute atomic E-state index is 14.0. The first-order chi connectivity index (χ1) is 11.6. The van der Waals surface area contributed by atoms with Crippen molar-refractivity contribution in [1.82, 2.24) is 9.29 Å². The zero-order valence-electron chi connectivity index (χ0n) is 12.7. The summed E-state index contributed by atoms with van der Waals surface area (Å²) >= 11 is 0. The molecular weight excluding hydrogens is 331 g/mol. The largest absolute Gasteiger partial charge is 0.468 e. The zero-order chi connectivity index (χ0) is 17.0. The highest BCUT2D eigenvalue weighted by atomic mass is 32.2. The fraction of sp³-hybridized carbons (Fsp3) is 0.118. The smallest absolute Gasteiger partial charge is 0.246 e. The summed E-state index contributed by atoms with van der Waals surface area (Å²) in [6.07, 6.45) is 4.64. The van der Waals surface area contributed by atoms with Crippen molar-refractivity contribution in [2.75, 3.05) is 0 Å². The highest BCUT2D eigenvalue weighted by Crippen LogP contribution is 2.23. The number of nitrogens with zero attached hydrogens (tertiary/aromatic N) is 2. The van der Waals surface area contributed by atoms with Crippen molar-refractivity contribution in [3.8, 4) is 0 Å². The monoisotopic (exact) mass is 346 g/mol. The summed E-state index contributed by atoms with van der Waals surface area (Å²) in [5.41, 5.74) is 0.698. The normalized spacial score (nSPS) is 11.8. The summed E-state index contributed by atoms with van der Waals surface area (Å²) in [5, 5.41) is 0. The predicted molar refractivity (Wildman–Crippen MR) is 85.8 cm³/mol. The van der Waals surface area contributed by atoms with Crippen LogP contribution in [0.4, 0.5) is 4.39 Å². The molecule has 0 aliphatic heterocycles. The molecule has 0 spiro atoms. The van der Waals surface area contributed by atoms with Gasteiger partial charge < -0.3 is 4.42 Å². The van der Waals surface area contributed by atoms with Gasteiger partial charge >= 0.3 is 0 Å². The van der Waals surface area contributed by atoms with Crippen LogP contribution >= 0.6 is 0 Å². The van der Waals surface area contributed by atoms with Crippen LogP contribution in [0.2, 0.25) is 0 Å². The predicted octanol–water partition coefficient (Wildman–Crippen LogP) is 3.20. The summed E-state index contributed by atoms with van der Waals surface area (Å²) in [7, 11) is -4.04. The molecule has 0 bridgehead atoms. The molecule has 5 nitrogen and oxygen atoms in total. The van der Waals surface area contributed by atoms with Crippen molar-refractivity contribution in [1.29, 1.82) is 0 Å². The second-order valence-corrected chi connectivity index (χ2v) is 7.05. The van der Waals surface area contributed by atoms with Crippen molar-refractivity contribution < 1.29 is 17.2 Å². The Morgan fingerprint density at radius 3 is 2.54 bits per heavy atom. The van der Waals surface area contributed by atoms with Gasteiger partial charge in [-0.1, -0.05) is 18.2 Å². The molecule has 0 saturated carbocycles. The number of rotatable bonds is 6. The molecule has 2 aromatic heterocycles. The maximum atomic E-state index is 14.0. The Hall–Kier alpha value is -2.51. The van der Waals surface area contributed by atoms with Crippen molar-refractivity contribution in [2.45, 2.75) is 18.0 Å². The van der Waals surface area contributed by atoms with Crippen molar-refractivity contribution in [3.63, 3.8) is 0 Å². The number of furan rings is 1. The topological polar surface area (TPSA) is 63.4 Å². The first-order valence-electron chi connectivity index (χ1n) is 7.23. The van der Waals surface area contributed by atoms with Crippen LogP contribution in [0.25, 0.3) is 0 Å². The lowest BCUT2D eigenvalue weighted by molar-refractivity contribution is 0.356. The van der Waals surface area contributed by atoms with E-state index in [2.05, 4.69) is 4.98 Å². The van der Waals surface area contributed by atoms with Gasteiger partial charge in [0.05, 0.1) is 12.8 Å². The van der Waals surface area contributed by atoms with E-state index < -0.39 is 15.8 Å². The number of aromatic nitrogens is 1.